The van der Waals surface area contributed by atoms with E-state index >= 15 is 0 Å². The van der Waals surface area contributed by atoms with Crippen molar-refractivity contribution in [1.29, 1.82) is 0 Å². The van der Waals surface area contributed by atoms with Crippen molar-refractivity contribution < 1.29 is 0 Å². The van der Waals surface area contributed by atoms with Crippen LogP contribution in [0.15, 0.2) is 0 Å². The van der Waals surface area contributed by atoms with E-state index in [1.54, 1.807) is 39.4 Å². The minimum absolute atomic E-state index is 0.654. The number of hydrogen-bond donors (Lipinski definition) is 0. The molecule has 3 aliphatic carbocycles. The Hall–Kier alpha value is 0.0649. The van der Waals surface area contributed by atoms with Gasteiger partial charge in [0.1, 0.15) is 7.28 Å². The molecule has 0 aromatic carbocycles. The lowest BCUT2D eigenvalue weighted by Gasteiger charge is -2.72. The first-order chi connectivity index (χ1) is 9.04. The van der Waals surface area contributed by atoms with Gasteiger partial charge in [-0.15, -0.1) is 0 Å². The van der Waals surface area contributed by atoms with Crippen molar-refractivity contribution in [2.45, 2.75) is 83.8 Å². The van der Waals surface area contributed by atoms with Crippen LogP contribution in [0.3, 0.4) is 0 Å². The van der Waals surface area contributed by atoms with E-state index in [0.717, 1.165) is 34.8 Å². The van der Waals surface area contributed by atoms with Crippen LogP contribution in [0.4, 0.5) is 0 Å². The molecule has 1 heteroatoms. The monoisotopic (exact) mass is 258 g/mol. The molecule has 5 fully saturated rings. The molecular weight excluding hydrogens is 227 g/mol. The van der Waals surface area contributed by atoms with Gasteiger partial charge in [0.25, 0.3) is 0 Å². The molecule has 5 unspecified atom stereocenters. The van der Waals surface area contributed by atoms with Crippen molar-refractivity contribution in [3.63, 3.8) is 0 Å². The first-order valence-corrected chi connectivity index (χ1v) is 9.04. The molecule has 0 spiro atoms. The lowest BCUT2D eigenvalue weighted by molar-refractivity contribution is -0.231. The highest BCUT2D eigenvalue weighted by molar-refractivity contribution is 6.40. The topological polar surface area (TPSA) is 0 Å². The summed E-state index contributed by atoms with van der Waals surface area (Å²) in [6, 6.07) is 0. The zero-order chi connectivity index (χ0) is 13.3. The average molecular weight is 258 g/mol. The highest BCUT2D eigenvalue weighted by Crippen LogP contribution is 2.75. The van der Waals surface area contributed by atoms with Crippen LogP contribution in [0.25, 0.3) is 0 Å². The van der Waals surface area contributed by atoms with E-state index in [2.05, 4.69) is 20.8 Å². The summed E-state index contributed by atoms with van der Waals surface area (Å²) in [5.74, 6) is 5.35. The number of hydrogen-bond acceptors (Lipinski definition) is 0. The van der Waals surface area contributed by atoms with Crippen molar-refractivity contribution in [3.05, 3.63) is 0 Å². The molecule has 2 saturated heterocycles. The molecule has 106 valence electrons. The molecule has 4 bridgehead atoms. The summed E-state index contributed by atoms with van der Waals surface area (Å²) in [7, 11) is 1.59. The van der Waals surface area contributed by atoms with Gasteiger partial charge < -0.3 is 0 Å². The normalized spacial score (nSPS) is 55.0. The molecular formula is C18H31B. The molecule has 2 aliphatic heterocycles. The second-order valence-electron chi connectivity index (χ2n) is 9.21. The highest BCUT2D eigenvalue weighted by atomic mass is 14.7. The van der Waals surface area contributed by atoms with Crippen LogP contribution >= 0.6 is 0 Å². The molecule has 2 heterocycles. The van der Waals surface area contributed by atoms with Gasteiger partial charge in [-0.05, 0) is 47.8 Å². The Balaban J connectivity index is 1.63. The maximum absolute atomic E-state index is 2.63. The molecule has 0 aromatic heterocycles. The second kappa shape index (κ2) is 4.04. The van der Waals surface area contributed by atoms with Crippen molar-refractivity contribution in [2.75, 3.05) is 0 Å². The van der Waals surface area contributed by atoms with Crippen LogP contribution in [0.1, 0.15) is 72.1 Å². The van der Waals surface area contributed by atoms with E-state index in [1.165, 1.54) is 19.3 Å². The standard InChI is InChI=1S/C18H31B/c1-12-7-8-13-11-18(12,17(13,2)3)14-9-15-5-4-6-16(10-14)19-15/h12-16,19H,4-11H2,1-3H3/t12?,13?,14?,15-,16?,18?/m0/s1. The van der Waals surface area contributed by atoms with Crippen LogP contribution < -0.4 is 0 Å². The van der Waals surface area contributed by atoms with E-state index in [4.69, 9.17) is 0 Å². The Morgan fingerprint density at radius 2 is 1.58 bits per heavy atom. The molecule has 19 heavy (non-hydrogen) atoms. The quantitative estimate of drug-likeness (QED) is 0.577. The van der Waals surface area contributed by atoms with Crippen molar-refractivity contribution in [1.82, 2.24) is 0 Å². The smallest absolute Gasteiger partial charge is 0.0651 e. The summed E-state index contributed by atoms with van der Waals surface area (Å²) < 4.78 is 0. The van der Waals surface area contributed by atoms with Gasteiger partial charge in [0.2, 0.25) is 0 Å². The molecule has 5 rings (SSSR count). The van der Waals surface area contributed by atoms with Gasteiger partial charge in [-0.2, -0.15) is 0 Å². The molecule has 0 amide bonds. The van der Waals surface area contributed by atoms with Crippen LogP contribution in [0, 0.1) is 28.6 Å². The first-order valence-electron chi connectivity index (χ1n) is 9.04. The summed E-state index contributed by atoms with van der Waals surface area (Å²) >= 11 is 0. The van der Waals surface area contributed by atoms with Crippen LogP contribution in [0.5, 0.6) is 0 Å². The molecule has 5 aliphatic rings. The van der Waals surface area contributed by atoms with Crippen molar-refractivity contribution in [2.24, 2.45) is 28.6 Å². The van der Waals surface area contributed by atoms with E-state index in [0.29, 0.717) is 5.41 Å². The number of rotatable bonds is 1. The molecule has 0 radical (unpaired) electrons. The molecule has 0 aromatic rings. The maximum Gasteiger partial charge on any atom is 0.127 e. The summed E-state index contributed by atoms with van der Waals surface area (Å²) in [4.78, 5) is 0. The summed E-state index contributed by atoms with van der Waals surface area (Å²) in [6.07, 6.45) is 12.5. The second-order valence-corrected chi connectivity index (χ2v) is 9.21. The van der Waals surface area contributed by atoms with Gasteiger partial charge in [0.15, 0.2) is 0 Å². The predicted octanol–water partition coefficient (Wildman–Crippen LogP) is 5.06. The Morgan fingerprint density at radius 1 is 0.895 bits per heavy atom. The average Bonchev–Trinajstić information content (AvgIpc) is 2.37. The largest absolute Gasteiger partial charge is 0.127 e. The lowest BCUT2D eigenvalue weighted by Crippen LogP contribution is -2.65. The highest BCUT2D eigenvalue weighted by Gasteiger charge is 2.67. The van der Waals surface area contributed by atoms with Gasteiger partial charge in [0.05, 0.1) is 0 Å². The van der Waals surface area contributed by atoms with E-state index in [-0.39, 0.29) is 0 Å². The third-order valence-electron chi connectivity index (χ3n) is 8.49. The van der Waals surface area contributed by atoms with Gasteiger partial charge in [-0.1, -0.05) is 64.5 Å². The zero-order valence-corrected chi connectivity index (χ0v) is 13.3. The van der Waals surface area contributed by atoms with Crippen LogP contribution in [0.2, 0.25) is 11.6 Å². The van der Waals surface area contributed by atoms with Gasteiger partial charge in [0, 0.05) is 0 Å². The minimum atomic E-state index is 0.654. The summed E-state index contributed by atoms with van der Waals surface area (Å²) in [5, 5.41) is 0. The van der Waals surface area contributed by atoms with Gasteiger partial charge >= 0.3 is 0 Å². The fourth-order valence-corrected chi connectivity index (χ4v) is 7.43. The van der Waals surface area contributed by atoms with E-state index in [1.807, 2.05) is 0 Å². The van der Waals surface area contributed by atoms with Gasteiger partial charge in [-0.25, -0.2) is 0 Å². The van der Waals surface area contributed by atoms with E-state index in [9.17, 15) is 0 Å². The van der Waals surface area contributed by atoms with Gasteiger partial charge in [-0.3, -0.25) is 0 Å². The molecule has 0 N–H and O–H groups in total. The predicted molar refractivity (Wildman–Crippen MR) is 83.9 cm³/mol. The Labute approximate surface area is 120 Å². The SMILES string of the molecule is CC1CCC2CC1(C1CC3B[C@@H](CCC3)C1)C2(C)C. The van der Waals surface area contributed by atoms with Crippen LogP contribution in [-0.4, -0.2) is 7.28 Å². The fourth-order valence-electron chi connectivity index (χ4n) is 7.43. The number of fused-ring (bicyclic) bond motifs is 4. The minimum Gasteiger partial charge on any atom is -0.0651 e. The molecule has 3 saturated carbocycles. The van der Waals surface area contributed by atoms with Crippen molar-refractivity contribution in [3.8, 4) is 0 Å². The Kier molecular flexibility index (Phi) is 2.72. The Morgan fingerprint density at radius 3 is 2.16 bits per heavy atom. The molecule has 6 atom stereocenters. The first kappa shape index (κ1) is 12.8. The summed E-state index contributed by atoms with van der Waals surface area (Å²) in [5.41, 5.74) is 1.39. The fraction of sp³-hybridized carbons (Fsp3) is 1.00. The van der Waals surface area contributed by atoms with Crippen LogP contribution in [-0.2, 0) is 0 Å². The molecule has 0 nitrogen and oxygen atoms in total. The van der Waals surface area contributed by atoms with Crippen molar-refractivity contribution >= 4 is 7.28 Å². The summed E-state index contributed by atoms with van der Waals surface area (Å²) in [6.45, 7) is 7.85. The maximum atomic E-state index is 2.63. The zero-order valence-electron chi connectivity index (χ0n) is 13.3. The lowest BCUT2D eigenvalue weighted by atomic mass is 9.29. The Bertz CT molecular complexity index is 362. The third-order valence-corrected chi connectivity index (χ3v) is 8.49. The van der Waals surface area contributed by atoms with E-state index < -0.39 is 0 Å². The third kappa shape index (κ3) is 1.54.